The first-order valence-corrected chi connectivity index (χ1v) is 5.82. The van der Waals surface area contributed by atoms with Crippen LogP contribution in [-0.4, -0.2) is 36.3 Å². The Morgan fingerprint density at radius 3 is 2.44 bits per heavy atom. The van der Waals surface area contributed by atoms with Crippen molar-refractivity contribution in [3.05, 3.63) is 35.9 Å². The molecule has 0 saturated carbocycles. The predicted octanol–water partition coefficient (Wildman–Crippen LogP) is 0.108. The number of amides is 2. The number of rotatable bonds is 6. The van der Waals surface area contributed by atoms with Crippen LogP contribution >= 0.6 is 0 Å². The second kappa shape index (κ2) is 6.76. The highest BCUT2D eigenvalue weighted by atomic mass is 16.2. The SMILES string of the molecule is CNC(=O)CN(Cc1ccccc1)C(C)C(N)=O. The van der Waals surface area contributed by atoms with Crippen LogP contribution in [0.5, 0.6) is 0 Å². The number of nitrogens with one attached hydrogen (secondary N) is 1. The van der Waals surface area contributed by atoms with Crippen molar-refractivity contribution in [1.82, 2.24) is 10.2 Å². The Hall–Kier alpha value is -1.88. The van der Waals surface area contributed by atoms with E-state index in [1.165, 1.54) is 0 Å². The Bertz CT molecular complexity index is 406. The average molecular weight is 249 g/mol. The highest BCUT2D eigenvalue weighted by molar-refractivity contribution is 5.82. The molecule has 18 heavy (non-hydrogen) atoms. The normalized spacial score (nSPS) is 12.2. The van der Waals surface area contributed by atoms with E-state index in [2.05, 4.69) is 5.32 Å². The molecule has 0 heterocycles. The molecule has 0 spiro atoms. The molecule has 1 aromatic carbocycles. The number of carbonyl (C=O) groups excluding carboxylic acids is 2. The molecule has 98 valence electrons. The Morgan fingerprint density at radius 2 is 1.94 bits per heavy atom. The minimum absolute atomic E-state index is 0.140. The van der Waals surface area contributed by atoms with E-state index in [-0.39, 0.29) is 12.5 Å². The molecule has 0 aromatic heterocycles. The number of carbonyl (C=O) groups is 2. The van der Waals surface area contributed by atoms with E-state index in [1.807, 2.05) is 30.3 Å². The molecule has 1 unspecified atom stereocenters. The van der Waals surface area contributed by atoms with Crippen LogP contribution in [0.2, 0.25) is 0 Å². The van der Waals surface area contributed by atoms with Crippen LogP contribution in [0.4, 0.5) is 0 Å². The van der Waals surface area contributed by atoms with Crippen molar-refractivity contribution in [3.8, 4) is 0 Å². The van der Waals surface area contributed by atoms with Crippen LogP contribution in [0.1, 0.15) is 12.5 Å². The molecular weight excluding hydrogens is 230 g/mol. The fourth-order valence-electron chi connectivity index (χ4n) is 1.59. The summed E-state index contributed by atoms with van der Waals surface area (Å²) in [5.41, 5.74) is 6.33. The van der Waals surface area contributed by atoms with Gasteiger partial charge >= 0.3 is 0 Å². The molecule has 0 aliphatic rings. The van der Waals surface area contributed by atoms with Gasteiger partial charge in [-0.2, -0.15) is 0 Å². The Kier molecular flexibility index (Phi) is 5.32. The first-order chi connectivity index (χ1) is 8.54. The topological polar surface area (TPSA) is 75.4 Å². The molecule has 5 nitrogen and oxygen atoms in total. The third-order valence-electron chi connectivity index (χ3n) is 2.81. The van der Waals surface area contributed by atoms with Crippen LogP contribution in [0.15, 0.2) is 30.3 Å². The van der Waals surface area contributed by atoms with E-state index >= 15 is 0 Å². The van der Waals surface area contributed by atoms with Crippen LogP contribution in [0, 0.1) is 0 Å². The summed E-state index contributed by atoms with van der Waals surface area (Å²) in [6, 6.07) is 9.17. The van der Waals surface area contributed by atoms with Gasteiger partial charge in [-0.15, -0.1) is 0 Å². The van der Waals surface area contributed by atoms with Crippen molar-refractivity contribution in [3.63, 3.8) is 0 Å². The van der Waals surface area contributed by atoms with Crippen molar-refractivity contribution in [1.29, 1.82) is 0 Å². The summed E-state index contributed by atoms with van der Waals surface area (Å²) in [4.78, 5) is 24.4. The highest BCUT2D eigenvalue weighted by Crippen LogP contribution is 2.07. The van der Waals surface area contributed by atoms with E-state index in [4.69, 9.17) is 5.73 Å². The first kappa shape index (κ1) is 14.2. The second-order valence-electron chi connectivity index (χ2n) is 4.14. The molecular formula is C13H19N3O2. The number of primary amides is 1. The first-order valence-electron chi connectivity index (χ1n) is 5.82. The number of hydrogen-bond donors (Lipinski definition) is 2. The maximum atomic E-state index is 11.4. The maximum Gasteiger partial charge on any atom is 0.234 e. The summed E-state index contributed by atoms with van der Waals surface area (Å²) in [5.74, 6) is -0.575. The van der Waals surface area contributed by atoms with Crippen LogP contribution in [0.25, 0.3) is 0 Å². The second-order valence-corrected chi connectivity index (χ2v) is 4.14. The molecule has 0 aliphatic carbocycles. The van der Waals surface area contributed by atoms with E-state index in [9.17, 15) is 9.59 Å². The lowest BCUT2D eigenvalue weighted by molar-refractivity contribution is -0.126. The van der Waals surface area contributed by atoms with Crippen molar-refractivity contribution in [2.75, 3.05) is 13.6 Å². The summed E-state index contributed by atoms with van der Waals surface area (Å²) in [6.07, 6.45) is 0. The summed E-state index contributed by atoms with van der Waals surface area (Å²) < 4.78 is 0. The zero-order valence-corrected chi connectivity index (χ0v) is 10.7. The summed E-state index contributed by atoms with van der Waals surface area (Å²) >= 11 is 0. The fourth-order valence-corrected chi connectivity index (χ4v) is 1.59. The molecule has 1 aromatic rings. The fraction of sp³-hybridized carbons (Fsp3) is 0.385. The van der Waals surface area contributed by atoms with Crippen molar-refractivity contribution in [2.24, 2.45) is 5.73 Å². The standard InChI is InChI=1S/C13H19N3O2/c1-10(13(14)18)16(9-12(17)15-2)8-11-6-4-3-5-7-11/h3-7,10H,8-9H2,1-2H3,(H2,14,18)(H,15,17). The van der Waals surface area contributed by atoms with Crippen LogP contribution in [0.3, 0.4) is 0 Å². The van der Waals surface area contributed by atoms with E-state index in [0.29, 0.717) is 6.54 Å². The Morgan fingerprint density at radius 1 is 1.33 bits per heavy atom. The monoisotopic (exact) mass is 249 g/mol. The number of hydrogen-bond acceptors (Lipinski definition) is 3. The molecule has 0 saturated heterocycles. The molecule has 1 atom stereocenters. The number of nitrogens with zero attached hydrogens (tertiary/aromatic N) is 1. The predicted molar refractivity (Wildman–Crippen MR) is 69.6 cm³/mol. The van der Waals surface area contributed by atoms with Gasteiger partial charge in [0.05, 0.1) is 12.6 Å². The quantitative estimate of drug-likeness (QED) is 0.751. The third kappa shape index (κ3) is 4.18. The maximum absolute atomic E-state index is 11.4. The minimum Gasteiger partial charge on any atom is -0.368 e. The highest BCUT2D eigenvalue weighted by Gasteiger charge is 2.21. The summed E-state index contributed by atoms with van der Waals surface area (Å²) in [6.45, 7) is 2.36. The molecule has 0 fully saturated rings. The number of benzene rings is 1. The van der Waals surface area contributed by atoms with Gasteiger partial charge in [0.1, 0.15) is 0 Å². The van der Waals surface area contributed by atoms with Gasteiger partial charge in [-0.1, -0.05) is 30.3 Å². The summed E-state index contributed by atoms with van der Waals surface area (Å²) in [7, 11) is 1.57. The third-order valence-corrected chi connectivity index (χ3v) is 2.81. The zero-order valence-electron chi connectivity index (χ0n) is 10.7. The van der Waals surface area contributed by atoms with Gasteiger partial charge in [-0.05, 0) is 12.5 Å². The molecule has 0 bridgehead atoms. The van der Waals surface area contributed by atoms with Crippen molar-refractivity contribution >= 4 is 11.8 Å². The molecule has 2 amide bonds. The minimum atomic E-state index is -0.484. The van der Waals surface area contributed by atoms with E-state index < -0.39 is 11.9 Å². The smallest absolute Gasteiger partial charge is 0.234 e. The van der Waals surface area contributed by atoms with Gasteiger partial charge in [0.15, 0.2) is 0 Å². The molecule has 0 radical (unpaired) electrons. The van der Waals surface area contributed by atoms with Crippen LogP contribution < -0.4 is 11.1 Å². The van der Waals surface area contributed by atoms with Gasteiger partial charge in [0.2, 0.25) is 11.8 Å². The Labute approximate surface area is 107 Å². The van der Waals surface area contributed by atoms with E-state index in [0.717, 1.165) is 5.56 Å². The number of nitrogens with two attached hydrogens (primary N) is 1. The lowest BCUT2D eigenvalue weighted by Crippen LogP contribution is -2.46. The van der Waals surface area contributed by atoms with Gasteiger partial charge < -0.3 is 11.1 Å². The van der Waals surface area contributed by atoms with Crippen molar-refractivity contribution < 1.29 is 9.59 Å². The molecule has 3 N–H and O–H groups in total. The van der Waals surface area contributed by atoms with Gasteiger partial charge in [-0.3, -0.25) is 14.5 Å². The van der Waals surface area contributed by atoms with Gasteiger partial charge in [0, 0.05) is 13.6 Å². The van der Waals surface area contributed by atoms with Gasteiger partial charge in [0.25, 0.3) is 0 Å². The molecule has 0 aliphatic heterocycles. The van der Waals surface area contributed by atoms with E-state index in [1.54, 1.807) is 18.9 Å². The Balaban J connectivity index is 2.77. The van der Waals surface area contributed by atoms with Crippen molar-refractivity contribution in [2.45, 2.75) is 19.5 Å². The number of likely N-dealkylation sites (N-methyl/N-ethyl adjacent to an activating group) is 1. The van der Waals surface area contributed by atoms with Crippen LogP contribution in [-0.2, 0) is 16.1 Å². The summed E-state index contributed by atoms with van der Waals surface area (Å²) in [5, 5.41) is 2.54. The average Bonchev–Trinajstić information content (AvgIpc) is 2.38. The zero-order chi connectivity index (χ0) is 13.5. The lowest BCUT2D eigenvalue weighted by atomic mass is 10.1. The largest absolute Gasteiger partial charge is 0.368 e. The molecule has 5 heteroatoms. The molecule has 1 rings (SSSR count). The lowest BCUT2D eigenvalue weighted by Gasteiger charge is -2.26. The van der Waals surface area contributed by atoms with Gasteiger partial charge in [-0.25, -0.2) is 0 Å².